The summed E-state index contributed by atoms with van der Waals surface area (Å²) >= 11 is 0. The first-order valence-electron chi connectivity index (χ1n) is 10.1. The van der Waals surface area contributed by atoms with Crippen molar-refractivity contribution in [3.63, 3.8) is 0 Å². The Balaban J connectivity index is 2.05. The first kappa shape index (κ1) is 17.8. The molecule has 2 unspecified atom stereocenters. The van der Waals surface area contributed by atoms with Gasteiger partial charge in [-0.15, -0.1) is 0 Å². The molecule has 0 aromatic rings. The third-order valence-corrected chi connectivity index (χ3v) is 5.64. The Kier molecular flexibility index (Phi) is 8.26. The molecule has 0 saturated heterocycles. The first-order chi connectivity index (χ1) is 10.9. The maximum absolute atomic E-state index is 4.94. The second kappa shape index (κ2) is 10.2. The average molecular weight is 304 g/mol. The number of rotatable bonds is 7. The fourth-order valence-electron chi connectivity index (χ4n) is 4.37. The summed E-state index contributed by atoms with van der Waals surface area (Å²) in [6.45, 7) is 4.60. The molecule has 1 aliphatic carbocycles. The highest BCUT2D eigenvalue weighted by Gasteiger charge is 2.30. The van der Waals surface area contributed by atoms with Gasteiger partial charge >= 0.3 is 0 Å². The number of allylic oxidation sites excluding steroid dienone is 1. The Morgan fingerprint density at radius 2 is 1.55 bits per heavy atom. The normalized spacial score (nSPS) is 26.3. The lowest BCUT2D eigenvalue weighted by molar-refractivity contribution is 0.391. The van der Waals surface area contributed by atoms with Gasteiger partial charge in [-0.25, -0.2) is 0 Å². The molecule has 22 heavy (non-hydrogen) atoms. The Labute approximate surface area is 138 Å². The molecule has 0 spiro atoms. The molecule has 0 aromatic carbocycles. The zero-order valence-electron chi connectivity index (χ0n) is 15.1. The number of unbranched alkanes of at least 4 members (excludes halogenated alkanes) is 3. The van der Waals surface area contributed by atoms with Crippen LogP contribution in [0.25, 0.3) is 0 Å². The molecular formula is C21H37N. The zero-order valence-corrected chi connectivity index (χ0v) is 15.1. The molecule has 2 aliphatic rings. The molecule has 0 radical (unpaired) electrons. The van der Waals surface area contributed by atoms with E-state index < -0.39 is 0 Å². The first-order valence-corrected chi connectivity index (χ1v) is 10.1. The summed E-state index contributed by atoms with van der Waals surface area (Å²) < 4.78 is 0. The minimum Gasteiger partial charge on any atom is -0.265 e. The highest BCUT2D eigenvalue weighted by molar-refractivity contribution is 5.88. The summed E-state index contributed by atoms with van der Waals surface area (Å²) in [6, 6.07) is 0. The molecule has 1 heteroatoms. The standard InChI is InChI=1S/C21H37N/c1-3-5-6-10-14-18-17-22-21(13-4-2)20-16-12-9-7-8-11-15-19(18)20/h17,19-20H,3-16H2,1-2H3. The zero-order chi connectivity index (χ0) is 15.6. The smallest absolute Gasteiger partial charge is 0.0262 e. The van der Waals surface area contributed by atoms with Gasteiger partial charge in [0.15, 0.2) is 0 Å². The van der Waals surface area contributed by atoms with Crippen LogP contribution in [0, 0.1) is 11.8 Å². The van der Waals surface area contributed by atoms with Crippen molar-refractivity contribution in [1.29, 1.82) is 0 Å². The van der Waals surface area contributed by atoms with Crippen molar-refractivity contribution in [2.24, 2.45) is 16.8 Å². The van der Waals surface area contributed by atoms with Gasteiger partial charge in [0, 0.05) is 17.8 Å². The molecule has 0 aromatic heterocycles. The van der Waals surface area contributed by atoms with Crippen molar-refractivity contribution in [2.75, 3.05) is 0 Å². The van der Waals surface area contributed by atoms with Crippen LogP contribution in [0.4, 0.5) is 0 Å². The number of hydrogen-bond donors (Lipinski definition) is 0. The molecule has 1 nitrogen and oxygen atoms in total. The van der Waals surface area contributed by atoms with Crippen molar-refractivity contribution in [3.8, 4) is 0 Å². The minimum atomic E-state index is 0.782. The number of fused-ring (bicyclic) bond motifs is 1. The SMILES string of the molecule is CCCCCCC1=CN=C(CCC)C2CCCCCCCC12. The van der Waals surface area contributed by atoms with E-state index in [0.29, 0.717) is 0 Å². The van der Waals surface area contributed by atoms with Crippen LogP contribution in [0.1, 0.15) is 104 Å². The molecule has 0 bridgehead atoms. The van der Waals surface area contributed by atoms with E-state index in [-0.39, 0.29) is 0 Å². The van der Waals surface area contributed by atoms with Crippen LogP contribution in [0.2, 0.25) is 0 Å². The molecule has 2 atom stereocenters. The van der Waals surface area contributed by atoms with E-state index in [1.54, 1.807) is 5.57 Å². The lowest BCUT2D eigenvalue weighted by Crippen LogP contribution is -2.28. The summed E-state index contributed by atoms with van der Waals surface area (Å²) in [5, 5.41) is 0. The monoisotopic (exact) mass is 303 g/mol. The van der Waals surface area contributed by atoms with E-state index in [1.807, 2.05) is 0 Å². The van der Waals surface area contributed by atoms with Gasteiger partial charge < -0.3 is 0 Å². The largest absolute Gasteiger partial charge is 0.265 e. The number of nitrogens with zero attached hydrogens (tertiary/aromatic N) is 1. The lowest BCUT2D eigenvalue weighted by atomic mass is 9.74. The molecule has 2 rings (SSSR count). The van der Waals surface area contributed by atoms with Gasteiger partial charge in [0.2, 0.25) is 0 Å². The molecular weight excluding hydrogens is 266 g/mol. The molecule has 1 saturated carbocycles. The van der Waals surface area contributed by atoms with Crippen molar-refractivity contribution >= 4 is 5.71 Å². The van der Waals surface area contributed by atoms with Gasteiger partial charge in [-0.05, 0) is 43.6 Å². The number of aliphatic imine (C=N–C) groups is 1. The van der Waals surface area contributed by atoms with Gasteiger partial charge in [-0.3, -0.25) is 4.99 Å². The van der Waals surface area contributed by atoms with Gasteiger partial charge in [-0.2, -0.15) is 0 Å². The van der Waals surface area contributed by atoms with E-state index in [9.17, 15) is 0 Å². The fourth-order valence-corrected chi connectivity index (χ4v) is 4.37. The highest BCUT2D eigenvalue weighted by atomic mass is 14.7. The maximum atomic E-state index is 4.94. The second-order valence-electron chi connectivity index (χ2n) is 7.44. The maximum Gasteiger partial charge on any atom is 0.0262 e. The van der Waals surface area contributed by atoms with Crippen LogP contribution in [0.15, 0.2) is 16.8 Å². The molecule has 0 N–H and O–H groups in total. The molecule has 1 fully saturated rings. The fraction of sp³-hybridized carbons (Fsp3) is 0.857. The topological polar surface area (TPSA) is 12.4 Å². The minimum absolute atomic E-state index is 0.782. The predicted molar refractivity (Wildman–Crippen MR) is 98.5 cm³/mol. The van der Waals surface area contributed by atoms with Gasteiger partial charge in [0.1, 0.15) is 0 Å². The average Bonchev–Trinajstić information content (AvgIpc) is 2.65. The summed E-state index contributed by atoms with van der Waals surface area (Å²) in [5.41, 5.74) is 3.23. The van der Waals surface area contributed by atoms with E-state index in [1.165, 1.54) is 95.6 Å². The Morgan fingerprint density at radius 3 is 2.27 bits per heavy atom. The van der Waals surface area contributed by atoms with Crippen molar-refractivity contribution in [1.82, 2.24) is 0 Å². The van der Waals surface area contributed by atoms with Gasteiger partial charge in [0.25, 0.3) is 0 Å². The van der Waals surface area contributed by atoms with Crippen LogP contribution in [0.3, 0.4) is 0 Å². The Hall–Kier alpha value is -0.590. The lowest BCUT2D eigenvalue weighted by Gasteiger charge is -2.33. The van der Waals surface area contributed by atoms with Crippen LogP contribution in [-0.4, -0.2) is 5.71 Å². The van der Waals surface area contributed by atoms with E-state index in [0.717, 1.165) is 11.8 Å². The van der Waals surface area contributed by atoms with Crippen LogP contribution >= 0.6 is 0 Å². The molecule has 1 heterocycles. The predicted octanol–water partition coefficient (Wildman–Crippen LogP) is 7.07. The quantitative estimate of drug-likeness (QED) is 0.446. The van der Waals surface area contributed by atoms with Crippen LogP contribution in [-0.2, 0) is 0 Å². The summed E-state index contributed by atoms with van der Waals surface area (Å²) in [6.07, 6.45) is 21.6. The molecule has 126 valence electrons. The third kappa shape index (κ3) is 5.25. The van der Waals surface area contributed by atoms with Crippen LogP contribution < -0.4 is 0 Å². The highest BCUT2D eigenvalue weighted by Crippen LogP contribution is 2.39. The number of hydrogen-bond acceptors (Lipinski definition) is 1. The van der Waals surface area contributed by atoms with E-state index in [4.69, 9.17) is 4.99 Å². The molecule has 1 aliphatic heterocycles. The van der Waals surface area contributed by atoms with Gasteiger partial charge in [0.05, 0.1) is 0 Å². The summed E-state index contributed by atoms with van der Waals surface area (Å²) in [7, 11) is 0. The third-order valence-electron chi connectivity index (χ3n) is 5.64. The Morgan fingerprint density at radius 1 is 0.818 bits per heavy atom. The van der Waals surface area contributed by atoms with E-state index >= 15 is 0 Å². The summed E-state index contributed by atoms with van der Waals surface area (Å²) in [5.74, 6) is 1.61. The van der Waals surface area contributed by atoms with Crippen molar-refractivity contribution < 1.29 is 0 Å². The second-order valence-corrected chi connectivity index (χ2v) is 7.44. The summed E-state index contributed by atoms with van der Waals surface area (Å²) in [4.78, 5) is 4.94. The van der Waals surface area contributed by atoms with Gasteiger partial charge in [-0.1, -0.05) is 71.6 Å². The Bertz CT molecular complexity index is 366. The van der Waals surface area contributed by atoms with E-state index in [2.05, 4.69) is 20.0 Å². The molecule has 0 amide bonds. The van der Waals surface area contributed by atoms with Crippen molar-refractivity contribution in [2.45, 2.75) is 104 Å². The van der Waals surface area contributed by atoms with Crippen LogP contribution in [0.5, 0.6) is 0 Å². The van der Waals surface area contributed by atoms with Crippen molar-refractivity contribution in [3.05, 3.63) is 11.8 Å².